The third-order valence-corrected chi connectivity index (χ3v) is 3.96. The van der Waals surface area contributed by atoms with Crippen LogP contribution < -0.4 is 0 Å². The molecule has 4 nitrogen and oxygen atoms in total. The zero-order valence-electron chi connectivity index (χ0n) is 8.88. The van der Waals surface area contributed by atoms with Crippen LogP contribution in [0.25, 0.3) is 0 Å². The number of rotatable bonds is 3. The number of likely N-dealkylation sites (tertiary alicyclic amines) is 1. The van der Waals surface area contributed by atoms with Gasteiger partial charge < -0.3 is 4.90 Å². The van der Waals surface area contributed by atoms with E-state index in [1.165, 1.54) is 30.0 Å². The molecular formula is C10H12N2O2S2. The number of hydrogen-bond donors (Lipinski definition) is 0. The Morgan fingerprint density at radius 2 is 2.56 bits per heavy atom. The molecule has 1 aromatic rings. The van der Waals surface area contributed by atoms with Gasteiger partial charge in [-0.3, -0.25) is 9.59 Å². The van der Waals surface area contributed by atoms with Crippen LogP contribution in [-0.2, 0) is 16.1 Å². The molecule has 1 amide bonds. The van der Waals surface area contributed by atoms with Gasteiger partial charge >= 0.3 is 0 Å². The highest BCUT2D eigenvalue weighted by Gasteiger charge is 2.30. The lowest BCUT2D eigenvalue weighted by atomic mass is 10.4. The first-order valence-corrected chi connectivity index (χ1v) is 6.79. The highest BCUT2D eigenvalue weighted by atomic mass is 32.2. The summed E-state index contributed by atoms with van der Waals surface area (Å²) in [6, 6.07) is 0. The molecule has 1 aromatic heterocycles. The number of carbonyl (C=O) groups is 2. The van der Waals surface area contributed by atoms with Crippen molar-refractivity contribution in [1.82, 2.24) is 9.88 Å². The predicted molar refractivity (Wildman–Crippen MR) is 64.2 cm³/mol. The van der Waals surface area contributed by atoms with Gasteiger partial charge in [0, 0.05) is 30.5 Å². The molecule has 86 valence electrons. The van der Waals surface area contributed by atoms with Crippen molar-refractivity contribution in [3.8, 4) is 0 Å². The lowest BCUT2D eigenvalue weighted by molar-refractivity contribution is -0.128. The van der Waals surface area contributed by atoms with Crippen molar-refractivity contribution >= 4 is 34.1 Å². The predicted octanol–water partition coefficient (Wildman–Crippen LogP) is 1.52. The summed E-state index contributed by atoms with van der Waals surface area (Å²) in [5, 5.41) is 2.13. The van der Waals surface area contributed by atoms with Gasteiger partial charge in [0.1, 0.15) is 0 Å². The van der Waals surface area contributed by atoms with E-state index in [9.17, 15) is 9.59 Å². The van der Waals surface area contributed by atoms with Crippen LogP contribution in [0, 0.1) is 0 Å². The maximum atomic E-state index is 11.7. The topological polar surface area (TPSA) is 50.3 Å². The Morgan fingerprint density at radius 3 is 3.19 bits per heavy atom. The molecule has 0 saturated carbocycles. The van der Waals surface area contributed by atoms with E-state index in [1.54, 1.807) is 10.4 Å². The first kappa shape index (κ1) is 11.6. The van der Waals surface area contributed by atoms with Crippen LogP contribution in [0.2, 0.25) is 0 Å². The third-order valence-electron chi connectivity index (χ3n) is 2.35. The van der Waals surface area contributed by atoms with Crippen molar-refractivity contribution in [2.45, 2.75) is 25.1 Å². The maximum Gasteiger partial charge on any atom is 0.224 e. The number of amides is 1. The molecule has 1 aliphatic heterocycles. The van der Waals surface area contributed by atoms with Crippen LogP contribution in [0.3, 0.4) is 0 Å². The number of thioether (sulfide) groups is 1. The number of thiazole rings is 1. The summed E-state index contributed by atoms with van der Waals surface area (Å²) in [5.74, 6) is 0.117. The van der Waals surface area contributed by atoms with E-state index >= 15 is 0 Å². The number of hydrogen-bond acceptors (Lipinski definition) is 5. The second-order valence-electron chi connectivity index (χ2n) is 3.69. The molecule has 0 radical (unpaired) electrons. The van der Waals surface area contributed by atoms with Crippen molar-refractivity contribution in [2.75, 3.05) is 6.54 Å². The largest absolute Gasteiger partial charge is 0.336 e. The first-order valence-electron chi connectivity index (χ1n) is 4.97. The van der Waals surface area contributed by atoms with Gasteiger partial charge in [0.25, 0.3) is 0 Å². The van der Waals surface area contributed by atoms with Gasteiger partial charge in [0.2, 0.25) is 5.91 Å². The highest BCUT2D eigenvalue weighted by Crippen LogP contribution is 2.25. The van der Waals surface area contributed by atoms with Crippen molar-refractivity contribution in [3.05, 3.63) is 16.6 Å². The molecule has 0 N–H and O–H groups in total. The van der Waals surface area contributed by atoms with Crippen LogP contribution in [0.4, 0.5) is 0 Å². The van der Waals surface area contributed by atoms with Gasteiger partial charge in [-0.05, 0) is 0 Å². The maximum absolute atomic E-state index is 11.7. The smallest absolute Gasteiger partial charge is 0.224 e. The Labute approximate surface area is 102 Å². The first-order chi connectivity index (χ1) is 7.65. The quantitative estimate of drug-likeness (QED) is 0.823. The molecule has 6 heteroatoms. The molecule has 1 fully saturated rings. The van der Waals surface area contributed by atoms with Gasteiger partial charge in [-0.25, -0.2) is 4.98 Å². The summed E-state index contributed by atoms with van der Waals surface area (Å²) < 4.78 is 0. The molecule has 0 bridgehead atoms. The summed E-state index contributed by atoms with van der Waals surface area (Å²) in [7, 11) is 0. The van der Waals surface area contributed by atoms with E-state index < -0.39 is 0 Å². The molecule has 16 heavy (non-hydrogen) atoms. The minimum atomic E-state index is 0.0771. The Balaban J connectivity index is 1.92. The minimum Gasteiger partial charge on any atom is -0.336 e. The minimum absolute atomic E-state index is 0.0771. The van der Waals surface area contributed by atoms with Crippen LogP contribution in [0.15, 0.2) is 10.9 Å². The summed E-state index contributed by atoms with van der Waals surface area (Å²) >= 11 is 2.79. The van der Waals surface area contributed by atoms with Gasteiger partial charge in [0.05, 0.1) is 17.7 Å². The van der Waals surface area contributed by atoms with E-state index in [2.05, 4.69) is 4.98 Å². The molecule has 2 rings (SSSR count). The van der Waals surface area contributed by atoms with Gasteiger partial charge in [-0.15, -0.1) is 11.3 Å². The molecule has 1 saturated heterocycles. The monoisotopic (exact) mass is 256 g/mol. The lowest BCUT2D eigenvalue weighted by Crippen LogP contribution is -2.25. The molecule has 1 unspecified atom stereocenters. The van der Waals surface area contributed by atoms with Crippen LogP contribution in [0.1, 0.15) is 19.0 Å². The molecular weight excluding hydrogens is 244 g/mol. The Hall–Kier alpha value is -0.880. The lowest BCUT2D eigenvalue weighted by Gasteiger charge is -2.14. The van der Waals surface area contributed by atoms with E-state index in [4.69, 9.17) is 0 Å². The summed E-state index contributed by atoms with van der Waals surface area (Å²) in [6.07, 6.45) is 0.467. The van der Waals surface area contributed by atoms with E-state index in [0.717, 1.165) is 5.69 Å². The Bertz CT molecular complexity index is 392. The molecule has 0 aromatic carbocycles. The number of aromatic nitrogens is 1. The summed E-state index contributed by atoms with van der Waals surface area (Å²) in [5.41, 5.74) is 2.68. The van der Waals surface area contributed by atoms with Crippen molar-refractivity contribution in [2.24, 2.45) is 0 Å². The third kappa shape index (κ3) is 2.82. The molecule has 2 heterocycles. The zero-order chi connectivity index (χ0) is 11.5. The van der Waals surface area contributed by atoms with Crippen LogP contribution >= 0.6 is 23.1 Å². The van der Waals surface area contributed by atoms with E-state index in [-0.39, 0.29) is 16.3 Å². The highest BCUT2D eigenvalue weighted by molar-refractivity contribution is 8.14. The fraction of sp³-hybridized carbons (Fsp3) is 0.500. The molecule has 1 aliphatic rings. The van der Waals surface area contributed by atoms with Crippen LogP contribution in [-0.4, -0.2) is 32.7 Å². The summed E-state index contributed by atoms with van der Waals surface area (Å²) in [4.78, 5) is 28.5. The van der Waals surface area contributed by atoms with Crippen molar-refractivity contribution < 1.29 is 9.59 Å². The molecule has 0 aliphatic carbocycles. The van der Waals surface area contributed by atoms with Gasteiger partial charge in [-0.1, -0.05) is 11.8 Å². The van der Waals surface area contributed by atoms with Gasteiger partial charge in [0.15, 0.2) is 5.12 Å². The summed E-state index contributed by atoms with van der Waals surface area (Å²) in [6.45, 7) is 2.76. The normalized spacial score (nSPS) is 20.4. The standard InChI is InChI=1S/C10H12N2O2S2/c1-7(13)16-9-2-10(14)12(4-9)3-8-5-15-6-11-8/h5-6,9H,2-4H2,1H3. The Kier molecular flexibility index (Phi) is 3.60. The van der Waals surface area contributed by atoms with E-state index in [1.807, 2.05) is 5.38 Å². The second kappa shape index (κ2) is 4.97. The fourth-order valence-corrected chi connectivity index (χ4v) is 3.21. The number of carbonyl (C=O) groups excluding carboxylic acids is 2. The average Bonchev–Trinajstić information content (AvgIpc) is 2.77. The van der Waals surface area contributed by atoms with Crippen molar-refractivity contribution in [3.63, 3.8) is 0 Å². The van der Waals surface area contributed by atoms with Gasteiger partial charge in [-0.2, -0.15) is 0 Å². The van der Waals surface area contributed by atoms with Crippen LogP contribution in [0.5, 0.6) is 0 Å². The SMILES string of the molecule is CC(=O)SC1CC(=O)N(Cc2cscn2)C1. The van der Waals surface area contributed by atoms with Crippen molar-refractivity contribution in [1.29, 1.82) is 0 Å². The zero-order valence-corrected chi connectivity index (χ0v) is 10.5. The molecule has 0 spiro atoms. The second-order valence-corrected chi connectivity index (χ2v) is 5.89. The molecule has 1 atom stereocenters. The van der Waals surface area contributed by atoms with E-state index in [0.29, 0.717) is 19.5 Å². The number of nitrogens with zero attached hydrogens (tertiary/aromatic N) is 2. The average molecular weight is 256 g/mol. The fourth-order valence-electron chi connectivity index (χ4n) is 1.71. The Morgan fingerprint density at radius 1 is 1.75 bits per heavy atom.